The standard InChI is InChI=1S/C27H29ClN4O5/c1-35-23-8-7-17(15-24(23)36-2)27(34)31-12-9-21(29-26(33)19-5-3-4-6-20(19)28)25-22(31)16-32(30-25)18-10-13-37-14-11-18/h3-8,15-16,18,21H,9-14H2,1-2H3,(H,29,33). The summed E-state index contributed by atoms with van der Waals surface area (Å²) in [7, 11) is 3.09. The van der Waals surface area contributed by atoms with Crippen molar-refractivity contribution in [3.8, 4) is 11.5 Å². The fourth-order valence-electron chi connectivity index (χ4n) is 4.86. The molecule has 0 aliphatic carbocycles. The molecule has 1 fully saturated rings. The Morgan fingerprint density at radius 2 is 1.81 bits per heavy atom. The molecule has 0 saturated carbocycles. The van der Waals surface area contributed by atoms with E-state index in [0.717, 1.165) is 12.8 Å². The molecule has 2 aromatic carbocycles. The third-order valence-corrected chi connectivity index (χ3v) is 7.20. The van der Waals surface area contributed by atoms with E-state index in [2.05, 4.69) is 5.32 Å². The number of nitrogens with one attached hydrogen (secondary N) is 1. The number of methoxy groups -OCH3 is 2. The van der Waals surface area contributed by atoms with E-state index in [1.54, 1.807) is 54.5 Å². The zero-order chi connectivity index (χ0) is 25.9. The monoisotopic (exact) mass is 524 g/mol. The molecule has 2 amide bonds. The maximum absolute atomic E-state index is 13.7. The van der Waals surface area contributed by atoms with Gasteiger partial charge in [0.25, 0.3) is 11.8 Å². The van der Waals surface area contributed by atoms with E-state index in [0.29, 0.717) is 65.2 Å². The van der Waals surface area contributed by atoms with Crippen LogP contribution < -0.4 is 19.7 Å². The van der Waals surface area contributed by atoms with E-state index in [1.807, 2.05) is 10.9 Å². The molecule has 1 N–H and O–H groups in total. The third-order valence-electron chi connectivity index (χ3n) is 6.87. The summed E-state index contributed by atoms with van der Waals surface area (Å²) in [6, 6.07) is 11.8. The van der Waals surface area contributed by atoms with Gasteiger partial charge in [-0.1, -0.05) is 23.7 Å². The number of rotatable bonds is 6. The number of anilines is 1. The number of amides is 2. The molecule has 3 aromatic rings. The van der Waals surface area contributed by atoms with Crippen LogP contribution in [-0.2, 0) is 4.74 Å². The third kappa shape index (κ3) is 5.01. The van der Waals surface area contributed by atoms with Crippen molar-refractivity contribution in [2.24, 2.45) is 0 Å². The van der Waals surface area contributed by atoms with Crippen LogP contribution in [0.15, 0.2) is 48.7 Å². The van der Waals surface area contributed by atoms with Gasteiger partial charge < -0.3 is 24.4 Å². The van der Waals surface area contributed by atoms with E-state index in [4.69, 9.17) is 30.9 Å². The molecule has 3 heterocycles. The van der Waals surface area contributed by atoms with Crippen molar-refractivity contribution >= 4 is 29.1 Å². The number of carbonyl (C=O) groups is 2. The van der Waals surface area contributed by atoms with Crippen LogP contribution in [0.25, 0.3) is 0 Å². The van der Waals surface area contributed by atoms with Crippen LogP contribution in [0, 0.1) is 0 Å². The first-order valence-electron chi connectivity index (χ1n) is 12.3. The zero-order valence-corrected chi connectivity index (χ0v) is 21.5. The van der Waals surface area contributed by atoms with E-state index >= 15 is 0 Å². The highest BCUT2D eigenvalue weighted by Crippen LogP contribution is 2.37. The Labute approximate surface area is 220 Å². The number of aromatic nitrogens is 2. The van der Waals surface area contributed by atoms with Crippen molar-refractivity contribution in [3.63, 3.8) is 0 Å². The molecule has 194 valence electrons. The lowest BCUT2D eigenvalue weighted by Gasteiger charge is -2.31. The van der Waals surface area contributed by atoms with Crippen LogP contribution >= 0.6 is 11.6 Å². The SMILES string of the molecule is COc1ccc(C(=O)N2CCC(NC(=O)c3ccccc3Cl)c3nn(C4CCOCC4)cc32)cc1OC. The van der Waals surface area contributed by atoms with Gasteiger partial charge >= 0.3 is 0 Å². The number of ether oxygens (including phenoxy) is 3. The highest BCUT2D eigenvalue weighted by molar-refractivity contribution is 6.33. The number of nitrogens with zero attached hydrogens (tertiary/aromatic N) is 3. The molecule has 9 nitrogen and oxygen atoms in total. The van der Waals surface area contributed by atoms with Crippen molar-refractivity contribution in [2.45, 2.75) is 31.3 Å². The number of hydrogen-bond donors (Lipinski definition) is 1. The van der Waals surface area contributed by atoms with E-state index in [-0.39, 0.29) is 23.9 Å². The van der Waals surface area contributed by atoms with Crippen molar-refractivity contribution in [2.75, 3.05) is 38.9 Å². The number of hydrogen-bond acceptors (Lipinski definition) is 6. The topological polar surface area (TPSA) is 94.9 Å². The molecule has 5 rings (SSSR count). The molecule has 2 aliphatic heterocycles. The number of benzene rings is 2. The van der Waals surface area contributed by atoms with Crippen molar-refractivity contribution in [1.29, 1.82) is 0 Å². The van der Waals surface area contributed by atoms with Crippen LogP contribution in [0.1, 0.15) is 57.8 Å². The number of fused-ring (bicyclic) bond motifs is 1. The summed E-state index contributed by atoms with van der Waals surface area (Å²) in [5, 5.41) is 8.35. The highest BCUT2D eigenvalue weighted by Gasteiger charge is 2.35. The smallest absolute Gasteiger partial charge is 0.258 e. The van der Waals surface area contributed by atoms with Gasteiger partial charge in [-0.3, -0.25) is 14.3 Å². The van der Waals surface area contributed by atoms with Crippen LogP contribution in [-0.4, -0.2) is 55.6 Å². The van der Waals surface area contributed by atoms with Gasteiger partial charge in [-0.25, -0.2) is 0 Å². The lowest BCUT2D eigenvalue weighted by atomic mass is 10.0. The summed E-state index contributed by atoms with van der Waals surface area (Å²) in [5.41, 5.74) is 2.22. The zero-order valence-electron chi connectivity index (χ0n) is 20.8. The molecule has 0 radical (unpaired) electrons. The minimum absolute atomic E-state index is 0.164. The van der Waals surface area contributed by atoms with Gasteiger partial charge in [0.2, 0.25) is 0 Å². The summed E-state index contributed by atoms with van der Waals surface area (Å²) >= 11 is 6.26. The summed E-state index contributed by atoms with van der Waals surface area (Å²) in [4.78, 5) is 28.5. The molecule has 1 atom stereocenters. The van der Waals surface area contributed by atoms with Crippen LogP contribution in [0.2, 0.25) is 5.02 Å². The molecule has 37 heavy (non-hydrogen) atoms. The highest BCUT2D eigenvalue weighted by atomic mass is 35.5. The fourth-order valence-corrected chi connectivity index (χ4v) is 5.08. The summed E-state index contributed by atoms with van der Waals surface area (Å²) < 4.78 is 18.2. The maximum Gasteiger partial charge on any atom is 0.258 e. The van der Waals surface area contributed by atoms with Gasteiger partial charge in [-0.05, 0) is 49.6 Å². The molecule has 10 heteroatoms. The summed E-state index contributed by atoms with van der Waals surface area (Å²) in [5.74, 6) is 0.577. The predicted molar refractivity (Wildman–Crippen MR) is 139 cm³/mol. The average molecular weight is 525 g/mol. The molecular formula is C27H29ClN4O5. The second kappa shape index (κ2) is 10.8. The van der Waals surface area contributed by atoms with Gasteiger partial charge in [-0.15, -0.1) is 0 Å². The Kier molecular flexibility index (Phi) is 7.34. The maximum atomic E-state index is 13.7. The van der Waals surface area contributed by atoms with Gasteiger partial charge in [0.05, 0.1) is 42.6 Å². The molecule has 1 saturated heterocycles. The van der Waals surface area contributed by atoms with E-state index in [1.165, 1.54) is 7.11 Å². The second-order valence-corrected chi connectivity index (χ2v) is 9.45. The van der Waals surface area contributed by atoms with Gasteiger partial charge in [0.15, 0.2) is 11.5 Å². The molecule has 0 spiro atoms. The normalized spacial score (nSPS) is 17.7. The second-order valence-electron chi connectivity index (χ2n) is 9.04. The van der Waals surface area contributed by atoms with E-state index < -0.39 is 0 Å². The quantitative estimate of drug-likeness (QED) is 0.512. The first-order chi connectivity index (χ1) is 18.0. The minimum atomic E-state index is -0.366. The molecule has 1 unspecified atom stereocenters. The fraction of sp³-hybridized carbons (Fsp3) is 0.370. The first-order valence-corrected chi connectivity index (χ1v) is 12.6. The molecule has 0 bridgehead atoms. The number of carbonyl (C=O) groups excluding carboxylic acids is 2. The van der Waals surface area contributed by atoms with Crippen LogP contribution in [0.5, 0.6) is 11.5 Å². The molecule has 1 aromatic heterocycles. The molecular weight excluding hydrogens is 496 g/mol. The van der Waals surface area contributed by atoms with Gasteiger partial charge in [0.1, 0.15) is 5.69 Å². The predicted octanol–water partition coefficient (Wildman–Crippen LogP) is 4.43. The Morgan fingerprint density at radius 1 is 1.05 bits per heavy atom. The lowest BCUT2D eigenvalue weighted by Crippen LogP contribution is -2.41. The van der Waals surface area contributed by atoms with Crippen LogP contribution in [0.3, 0.4) is 0 Å². The Morgan fingerprint density at radius 3 is 2.54 bits per heavy atom. The molecule has 2 aliphatic rings. The number of halogens is 1. The Hall–Kier alpha value is -3.56. The Bertz CT molecular complexity index is 1300. The van der Waals surface area contributed by atoms with Crippen molar-refractivity contribution < 1.29 is 23.8 Å². The Balaban J connectivity index is 1.47. The lowest BCUT2D eigenvalue weighted by molar-refractivity contribution is 0.0661. The minimum Gasteiger partial charge on any atom is -0.493 e. The summed E-state index contributed by atoms with van der Waals surface area (Å²) in [6.07, 6.45) is 4.09. The van der Waals surface area contributed by atoms with Crippen LogP contribution in [0.4, 0.5) is 5.69 Å². The van der Waals surface area contributed by atoms with Gasteiger partial charge in [0, 0.05) is 31.5 Å². The first kappa shape index (κ1) is 25.1. The largest absolute Gasteiger partial charge is 0.493 e. The van der Waals surface area contributed by atoms with Crippen molar-refractivity contribution in [1.82, 2.24) is 15.1 Å². The average Bonchev–Trinajstić information content (AvgIpc) is 3.39. The van der Waals surface area contributed by atoms with Gasteiger partial charge in [-0.2, -0.15) is 5.10 Å². The van der Waals surface area contributed by atoms with E-state index in [9.17, 15) is 9.59 Å². The summed E-state index contributed by atoms with van der Waals surface area (Å²) in [6.45, 7) is 1.74. The van der Waals surface area contributed by atoms with Crippen molar-refractivity contribution in [3.05, 3.63) is 70.5 Å².